The molecule has 0 bridgehead atoms. The monoisotopic (exact) mass is 451 g/mol. The van der Waals surface area contributed by atoms with Crippen molar-refractivity contribution in [2.75, 3.05) is 0 Å². The van der Waals surface area contributed by atoms with Crippen LogP contribution in [0.15, 0.2) is 30.3 Å². The average Bonchev–Trinajstić information content (AvgIpc) is 3.24. The number of H-pyrrole nitrogens is 1. The summed E-state index contributed by atoms with van der Waals surface area (Å²) >= 11 is 0. The molecular formula is C26H25N7O. The van der Waals surface area contributed by atoms with Gasteiger partial charge in [0.05, 0.1) is 17.3 Å². The van der Waals surface area contributed by atoms with Crippen LogP contribution in [-0.2, 0) is 7.05 Å². The minimum absolute atomic E-state index is 0.238. The molecular weight excluding hydrogens is 426 g/mol. The van der Waals surface area contributed by atoms with E-state index in [1.807, 2.05) is 33.0 Å². The molecule has 4 aromatic rings. The molecule has 0 radical (unpaired) electrons. The minimum Gasteiger partial charge on any atom is -0.327 e. The summed E-state index contributed by atoms with van der Waals surface area (Å²) in [6, 6.07) is 11.7. The molecule has 3 N–H and O–H groups in total. The minimum atomic E-state index is -0.238. The molecule has 2 fully saturated rings. The molecule has 2 unspecified atom stereocenters. The standard InChI is InChI=1S/C26H25N7O/c1-12-22(13(2)33(3)32-12)17-8-14(4-5-15(17)11-27)24(34)26-30-21-7-6-20(29-25(21)31-26)16-9-18-19(10-16)23(18)28/h4-8,16,18-19,23H,9-10,28H2,1-3H3,(H,29,30,31). The summed E-state index contributed by atoms with van der Waals surface area (Å²) in [4.78, 5) is 25.8. The number of aromatic amines is 1. The number of rotatable bonds is 4. The van der Waals surface area contributed by atoms with Crippen LogP contribution in [0, 0.1) is 37.0 Å². The first-order valence-corrected chi connectivity index (χ1v) is 11.6. The number of hydrogen-bond donors (Lipinski definition) is 2. The number of hydrogen-bond acceptors (Lipinski definition) is 6. The van der Waals surface area contributed by atoms with E-state index >= 15 is 0 Å². The zero-order chi connectivity index (χ0) is 23.7. The number of benzene rings is 1. The van der Waals surface area contributed by atoms with Gasteiger partial charge in [0.25, 0.3) is 0 Å². The van der Waals surface area contributed by atoms with Gasteiger partial charge >= 0.3 is 0 Å². The molecule has 0 aliphatic heterocycles. The van der Waals surface area contributed by atoms with E-state index in [-0.39, 0.29) is 11.6 Å². The SMILES string of the molecule is Cc1nn(C)c(C)c1-c1cc(C(=O)c2nc3ccc(C4CC5C(N)C5C4)nc3[nH]2)ccc1C#N. The lowest BCUT2D eigenvalue weighted by atomic mass is 9.95. The van der Waals surface area contributed by atoms with E-state index < -0.39 is 0 Å². The van der Waals surface area contributed by atoms with Crippen molar-refractivity contribution in [1.29, 1.82) is 5.26 Å². The Bertz CT molecular complexity index is 1510. The van der Waals surface area contributed by atoms with Gasteiger partial charge in [0.1, 0.15) is 5.52 Å². The summed E-state index contributed by atoms with van der Waals surface area (Å²) in [6.45, 7) is 3.86. The topological polar surface area (TPSA) is 126 Å². The van der Waals surface area contributed by atoms with Crippen LogP contribution in [0.2, 0.25) is 0 Å². The molecule has 0 spiro atoms. The van der Waals surface area contributed by atoms with Crippen molar-refractivity contribution in [3.63, 3.8) is 0 Å². The molecule has 6 rings (SSSR count). The molecule has 3 heterocycles. The van der Waals surface area contributed by atoms with E-state index in [1.165, 1.54) is 0 Å². The third-order valence-electron chi connectivity index (χ3n) is 7.69. The highest BCUT2D eigenvalue weighted by Gasteiger charge is 2.54. The fourth-order valence-corrected chi connectivity index (χ4v) is 5.67. The number of carbonyl (C=O) groups is 1. The summed E-state index contributed by atoms with van der Waals surface area (Å²) < 4.78 is 1.78. The first kappa shape index (κ1) is 20.8. The van der Waals surface area contributed by atoms with Crippen molar-refractivity contribution in [3.05, 3.63) is 64.4 Å². The van der Waals surface area contributed by atoms with Crippen LogP contribution in [0.1, 0.15) is 57.6 Å². The molecule has 8 nitrogen and oxygen atoms in total. The second-order valence-corrected chi connectivity index (χ2v) is 9.63. The second-order valence-electron chi connectivity index (χ2n) is 9.63. The van der Waals surface area contributed by atoms with Crippen LogP contribution < -0.4 is 5.73 Å². The number of aromatic nitrogens is 5. The van der Waals surface area contributed by atoms with Crippen molar-refractivity contribution in [3.8, 4) is 17.2 Å². The Labute approximate surface area is 196 Å². The Morgan fingerprint density at radius 2 is 1.94 bits per heavy atom. The van der Waals surface area contributed by atoms with Crippen LogP contribution in [0.25, 0.3) is 22.3 Å². The van der Waals surface area contributed by atoms with Gasteiger partial charge in [-0.3, -0.25) is 9.48 Å². The van der Waals surface area contributed by atoms with Crippen molar-refractivity contribution in [1.82, 2.24) is 24.7 Å². The number of imidazole rings is 1. The highest BCUT2D eigenvalue weighted by Crippen LogP contribution is 2.56. The summed E-state index contributed by atoms with van der Waals surface area (Å²) in [6.07, 6.45) is 2.18. The summed E-state index contributed by atoms with van der Waals surface area (Å²) in [5, 5.41) is 14.1. The van der Waals surface area contributed by atoms with Crippen LogP contribution in [0.4, 0.5) is 0 Å². The lowest BCUT2D eigenvalue weighted by Gasteiger charge is -2.11. The molecule has 34 heavy (non-hydrogen) atoms. The van der Waals surface area contributed by atoms with Crippen molar-refractivity contribution in [2.45, 2.75) is 38.6 Å². The normalized spacial score (nSPS) is 23.1. The molecule has 2 aliphatic carbocycles. The van der Waals surface area contributed by atoms with E-state index in [2.05, 4.69) is 21.1 Å². The molecule has 2 atom stereocenters. The number of pyridine rings is 1. The maximum absolute atomic E-state index is 13.4. The largest absolute Gasteiger partial charge is 0.327 e. The van der Waals surface area contributed by atoms with E-state index in [1.54, 1.807) is 22.9 Å². The number of nitrogens with two attached hydrogens (primary N) is 1. The van der Waals surface area contributed by atoms with Crippen LogP contribution in [0.5, 0.6) is 0 Å². The Hall–Kier alpha value is -3.83. The van der Waals surface area contributed by atoms with Crippen LogP contribution in [0.3, 0.4) is 0 Å². The van der Waals surface area contributed by atoms with E-state index in [0.717, 1.165) is 35.5 Å². The molecule has 0 saturated heterocycles. The zero-order valence-electron chi connectivity index (χ0n) is 19.3. The molecule has 8 heteroatoms. The van der Waals surface area contributed by atoms with Crippen LogP contribution >= 0.6 is 0 Å². The maximum Gasteiger partial charge on any atom is 0.228 e. The molecule has 170 valence electrons. The molecule has 3 aromatic heterocycles. The van der Waals surface area contributed by atoms with E-state index in [0.29, 0.717) is 51.6 Å². The van der Waals surface area contributed by atoms with E-state index in [4.69, 9.17) is 10.7 Å². The second kappa shape index (κ2) is 7.34. The Balaban J connectivity index is 1.34. The molecule has 0 amide bonds. The predicted octanol–water partition coefficient (Wildman–Crippen LogP) is 3.53. The first-order valence-electron chi connectivity index (χ1n) is 11.6. The molecule has 2 saturated carbocycles. The van der Waals surface area contributed by atoms with E-state index in [9.17, 15) is 10.1 Å². The molecule has 1 aromatic carbocycles. The van der Waals surface area contributed by atoms with Gasteiger partial charge in [-0.05, 0) is 68.9 Å². The Morgan fingerprint density at radius 1 is 1.18 bits per heavy atom. The number of fused-ring (bicyclic) bond motifs is 2. The number of nitriles is 1. The summed E-state index contributed by atoms with van der Waals surface area (Å²) in [5.41, 5.74) is 12.7. The van der Waals surface area contributed by atoms with Gasteiger partial charge in [-0.2, -0.15) is 10.4 Å². The predicted molar refractivity (Wildman–Crippen MR) is 127 cm³/mol. The summed E-state index contributed by atoms with van der Waals surface area (Å²) in [7, 11) is 1.87. The Morgan fingerprint density at radius 3 is 2.62 bits per heavy atom. The number of aryl methyl sites for hydroxylation is 2. The number of nitrogens with one attached hydrogen (secondary N) is 1. The molecule has 2 aliphatic rings. The van der Waals surface area contributed by atoms with Crippen LogP contribution in [-0.4, -0.2) is 36.6 Å². The van der Waals surface area contributed by atoms with Crippen molar-refractivity contribution < 1.29 is 4.79 Å². The smallest absolute Gasteiger partial charge is 0.228 e. The highest BCUT2D eigenvalue weighted by atomic mass is 16.1. The fourth-order valence-electron chi connectivity index (χ4n) is 5.67. The van der Waals surface area contributed by atoms with Gasteiger partial charge in [0.15, 0.2) is 11.5 Å². The quantitative estimate of drug-likeness (QED) is 0.457. The number of ketones is 1. The maximum atomic E-state index is 13.4. The highest BCUT2D eigenvalue weighted by molar-refractivity contribution is 6.08. The number of carbonyl (C=O) groups excluding carboxylic acids is 1. The zero-order valence-corrected chi connectivity index (χ0v) is 19.3. The van der Waals surface area contributed by atoms with Gasteiger partial charge in [0.2, 0.25) is 5.78 Å². The lowest BCUT2D eigenvalue weighted by Crippen LogP contribution is -2.11. The average molecular weight is 452 g/mol. The van der Waals surface area contributed by atoms with Gasteiger partial charge in [0, 0.05) is 47.1 Å². The summed E-state index contributed by atoms with van der Waals surface area (Å²) in [5.74, 6) is 1.70. The fraction of sp³-hybridized carbons (Fsp3) is 0.346. The lowest BCUT2D eigenvalue weighted by molar-refractivity contribution is 0.103. The van der Waals surface area contributed by atoms with Crippen molar-refractivity contribution >= 4 is 16.9 Å². The first-order chi connectivity index (χ1) is 16.4. The van der Waals surface area contributed by atoms with Crippen molar-refractivity contribution in [2.24, 2.45) is 24.6 Å². The van der Waals surface area contributed by atoms with Gasteiger partial charge in [-0.25, -0.2) is 9.97 Å². The van der Waals surface area contributed by atoms with Gasteiger partial charge in [-0.1, -0.05) is 0 Å². The Kier molecular flexibility index (Phi) is 4.48. The van der Waals surface area contributed by atoms with Gasteiger partial charge < -0.3 is 10.7 Å². The third-order valence-corrected chi connectivity index (χ3v) is 7.69. The number of nitrogens with zero attached hydrogens (tertiary/aromatic N) is 5. The third kappa shape index (κ3) is 3.08. The van der Waals surface area contributed by atoms with Gasteiger partial charge in [-0.15, -0.1) is 0 Å².